The molecule has 0 saturated carbocycles. The lowest BCUT2D eigenvalue weighted by molar-refractivity contribution is -0.144. The van der Waals surface area contributed by atoms with Crippen LogP contribution in [-0.2, 0) is 19.2 Å². The smallest absolute Gasteiger partial charge is 0.258 e. The highest BCUT2D eigenvalue weighted by molar-refractivity contribution is 7.15. The Kier molecular flexibility index (Phi) is 14.9. The molecule has 5 atom stereocenters. The van der Waals surface area contributed by atoms with E-state index in [2.05, 4.69) is 49.5 Å². The number of aliphatic hydroxyl groups excluding tert-OH is 1. The largest absolute Gasteiger partial charge is 0.482 e. The maximum atomic E-state index is 14.2. The van der Waals surface area contributed by atoms with Crippen LogP contribution < -0.4 is 20.3 Å². The van der Waals surface area contributed by atoms with Crippen molar-refractivity contribution in [3.8, 4) is 21.2 Å². The average Bonchev–Trinajstić information content (AvgIpc) is 4.14. The number of aliphatic hydroxyl groups is 1. The van der Waals surface area contributed by atoms with Crippen molar-refractivity contribution in [2.75, 3.05) is 44.2 Å². The first kappa shape index (κ1) is 51.4. The number of halogens is 1. The number of thiazole rings is 1. The summed E-state index contributed by atoms with van der Waals surface area (Å²) in [6.07, 6.45) is 0.833. The summed E-state index contributed by atoms with van der Waals surface area (Å²) >= 11 is 9.53. The van der Waals surface area contributed by atoms with E-state index in [1.807, 2.05) is 111 Å². The van der Waals surface area contributed by atoms with Crippen LogP contribution in [0, 0.1) is 33.1 Å². The van der Waals surface area contributed by atoms with E-state index >= 15 is 0 Å². The van der Waals surface area contributed by atoms with Crippen molar-refractivity contribution >= 4 is 69.4 Å². The molecule has 4 aromatic heterocycles. The Labute approximate surface area is 437 Å². The van der Waals surface area contributed by atoms with Crippen LogP contribution in [0.25, 0.3) is 15.4 Å². The highest BCUT2D eigenvalue weighted by Gasteiger charge is 2.45. The van der Waals surface area contributed by atoms with E-state index in [9.17, 15) is 24.3 Å². The molecular weight excluding hydrogens is 986 g/mol. The number of aromatic nitrogens is 5. The molecule has 9 rings (SSSR count). The number of rotatable bonds is 13. The quantitative estimate of drug-likeness (QED) is 0.106. The molecule has 6 aromatic rings. The molecule has 3 aliphatic rings. The fourth-order valence-electron chi connectivity index (χ4n) is 9.62. The van der Waals surface area contributed by atoms with E-state index in [4.69, 9.17) is 21.3 Å². The summed E-state index contributed by atoms with van der Waals surface area (Å²) in [6, 6.07) is 16.2. The third-order valence-corrected chi connectivity index (χ3v) is 16.3. The highest BCUT2D eigenvalue weighted by atomic mass is 35.5. The number of nitrogens with zero attached hydrogens (tertiary/aromatic N) is 9. The van der Waals surface area contributed by atoms with Crippen molar-refractivity contribution in [2.45, 2.75) is 98.5 Å². The monoisotopic (exact) mass is 1050 g/mol. The number of anilines is 1. The van der Waals surface area contributed by atoms with Gasteiger partial charge in [0.15, 0.2) is 12.4 Å². The normalized spacial score (nSPS) is 18.6. The predicted octanol–water partition coefficient (Wildman–Crippen LogP) is 7.11. The first-order valence-corrected chi connectivity index (χ1v) is 26.5. The van der Waals surface area contributed by atoms with Crippen LogP contribution in [0.4, 0.5) is 5.82 Å². The van der Waals surface area contributed by atoms with Crippen molar-refractivity contribution in [1.29, 1.82) is 0 Å². The zero-order valence-corrected chi connectivity index (χ0v) is 44.6. The Balaban J connectivity index is 0.781. The van der Waals surface area contributed by atoms with Crippen molar-refractivity contribution in [3.05, 3.63) is 122 Å². The van der Waals surface area contributed by atoms with Gasteiger partial charge in [0.25, 0.3) is 5.91 Å². The van der Waals surface area contributed by atoms with Gasteiger partial charge in [0.2, 0.25) is 17.7 Å². The van der Waals surface area contributed by atoms with Crippen LogP contribution in [0.2, 0.25) is 5.02 Å². The number of thiophene rings is 1. The minimum Gasteiger partial charge on any atom is -0.482 e. The number of likely N-dealkylation sites (tertiary alicyclic amines) is 1. The second-order valence-corrected chi connectivity index (χ2v) is 22.5. The Morgan fingerprint density at radius 1 is 0.904 bits per heavy atom. The Morgan fingerprint density at radius 2 is 1.62 bits per heavy atom. The molecule has 2 fully saturated rings. The van der Waals surface area contributed by atoms with Crippen LogP contribution in [0.15, 0.2) is 77.4 Å². The third kappa shape index (κ3) is 10.9. The molecule has 73 heavy (non-hydrogen) atoms. The van der Waals surface area contributed by atoms with E-state index in [0.717, 1.165) is 54.9 Å². The third-order valence-electron chi connectivity index (χ3n) is 13.8. The standard InChI is InChI=1S/C53H60ClN11O6S2/c1-29-32(4)73-52-45(29)46(35-13-15-37(54)16-14-35)58-40(49-61-60-33(5)65(49)52)24-44(68)63-21-19-62(20-22-63)42-18-17-39(25-55-42)71-27-43(67)59-48(53(6,7)8)51(70)64-26-38(66)23-41(64)50(69)57-30(2)34-9-11-36(12-10-34)47-31(3)56-28-72-47/h9-18,25,28,30,38,40-41,48,66H,19-24,26-27H2,1-8H3,(H,57,69)(H,59,67)/t30-,38+,40-,41-,48+/m0/s1. The second-order valence-electron chi connectivity index (χ2n) is 20.0. The van der Waals surface area contributed by atoms with Gasteiger partial charge in [-0.3, -0.25) is 28.7 Å². The van der Waals surface area contributed by atoms with E-state index < -0.39 is 41.5 Å². The number of benzene rings is 2. The summed E-state index contributed by atoms with van der Waals surface area (Å²) in [7, 11) is 0. The Morgan fingerprint density at radius 3 is 2.27 bits per heavy atom. The molecule has 17 nitrogen and oxygen atoms in total. The molecule has 0 aliphatic carbocycles. The maximum Gasteiger partial charge on any atom is 0.258 e. The molecule has 0 radical (unpaired) electrons. The number of nitrogens with one attached hydrogen (secondary N) is 2. The van der Waals surface area contributed by atoms with Gasteiger partial charge in [0.1, 0.15) is 40.5 Å². The molecule has 0 unspecified atom stereocenters. The minimum absolute atomic E-state index is 0.0335. The molecule has 0 spiro atoms. The van der Waals surface area contributed by atoms with Gasteiger partial charge < -0.3 is 35.2 Å². The van der Waals surface area contributed by atoms with Gasteiger partial charge in [-0.15, -0.1) is 32.9 Å². The number of aryl methyl sites for hydroxylation is 3. The van der Waals surface area contributed by atoms with Gasteiger partial charge in [-0.05, 0) is 81.0 Å². The van der Waals surface area contributed by atoms with Crippen LogP contribution in [0.3, 0.4) is 0 Å². The summed E-state index contributed by atoms with van der Waals surface area (Å²) in [6.45, 7) is 17.1. The maximum absolute atomic E-state index is 14.2. The lowest BCUT2D eigenvalue weighted by atomic mass is 9.85. The van der Waals surface area contributed by atoms with Crippen LogP contribution >= 0.6 is 34.3 Å². The molecular formula is C53H60ClN11O6S2. The fraction of sp³-hybridized carbons (Fsp3) is 0.415. The molecule has 3 aliphatic heterocycles. The lowest BCUT2D eigenvalue weighted by Crippen LogP contribution is -2.58. The number of pyridine rings is 1. The Bertz CT molecular complexity index is 3050. The van der Waals surface area contributed by atoms with E-state index in [1.54, 1.807) is 34.9 Å². The SMILES string of the molecule is Cc1ncsc1-c1ccc([C@H](C)NC(=O)[C@@H]2C[C@@H](O)CN2C(=O)[C@@H](NC(=O)COc2ccc(N3CCN(C(=O)C[C@@H]4N=C(c5ccc(Cl)cc5)c5c(sc(C)c5C)-n5c(C)nnc54)CC3)nc2)C(C)(C)C)cc1. The zero-order valence-electron chi connectivity index (χ0n) is 42.2. The van der Waals surface area contributed by atoms with Gasteiger partial charge in [0, 0.05) is 60.2 Å². The molecule has 20 heteroatoms. The Hall–Kier alpha value is -6.54. The molecule has 0 bridgehead atoms. The van der Waals surface area contributed by atoms with Crippen molar-refractivity contribution in [3.63, 3.8) is 0 Å². The van der Waals surface area contributed by atoms with Crippen LogP contribution in [0.5, 0.6) is 5.75 Å². The van der Waals surface area contributed by atoms with Crippen molar-refractivity contribution in [2.24, 2.45) is 10.4 Å². The number of ether oxygens (including phenoxy) is 1. The summed E-state index contributed by atoms with van der Waals surface area (Å²) < 4.78 is 7.89. The number of hydrogen-bond acceptors (Lipinski definition) is 14. The van der Waals surface area contributed by atoms with Crippen molar-refractivity contribution in [1.82, 2.24) is 45.2 Å². The summed E-state index contributed by atoms with van der Waals surface area (Å²) in [4.78, 5) is 77.3. The number of piperazine rings is 1. The number of carbonyl (C=O) groups excluding carboxylic acids is 4. The van der Waals surface area contributed by atoms with E-state index in [0.29, 0.717) is 48.6 Å². The summed E-state index contributed by atoms with van der Waals surface area (Å²) in [5.74, 6) is 1.00. The topological polar surface area (TPSA) is 200 Å². The van der Waals surface area contributed by atoms with Gasteiger partial charge in [-0.25, -0.2) is 9.97 Å². The molecule has 4 amide bonds. The van der Waals surface area contributed by atoms with E-state index in [1.165, 1.54) is 9.78 Å². The van der Waals surface area contributed by atoms with Crippen LogP contribution in [-0.4, -0.2) is 126 Å². The number of aliphatic imine (C=N–C) groups is 1. The number of amides is 4. The predicted molar refractivity (Wildman–Crippen MR) is 283 cm³/mol. The van der Waals surface area contributed by atoms with Crippen molar-refractivity contribution < 1.29 is 29.0 Å². The number of fused-ring (bicyclic) bond motifs is 3. The first-order valence-electron chi connectivity index (χ1n) is 24.4. The van der Waals surface area contributed by atoms with E-state index in [-0.39, 0.29) is 43.8 Å². The highest BCUT2D eigenvalue weighted by Crippen LogP contribution is 2.40. The average molecular weight is 1050 g/mol. The van der Waals surface area contributed by atoms with Gasteiger partial charge in [-0.1, -0.05) is 68.8 Å². The zero-order chi connectivity index (χ0) is 51.9. The first-order chi connectivity index (χ1) is 34.8. The summed E-state index contributed by atoms with van der Waals surface area (Å²) in [5, 5.41) is 27.2. The van der Waals surface area contributed by atoms with Gasteiger partial charge in [0.05, 0.1) is 46.6 Å². The molecule has 3 N–H and O–H groups in total. The molecule has 2 saturated heterocycles. The summed E-state index contributed by atoms with van der Waals surface area (Å²) in [5.41, 5.74) is 7.79. The fourth-order valence-corrected chi connectivity index (χ4v) is 11.8. The number of hydrogen-bond donors (Lipinski definition) is 3. The number of β-amino-alcohol motifs (C(OH)–C–C–N with tert-alkyl or cyclic N) is 1. The van der Waals surface area contributed by atoms with Crippen LogP contribution in [0.1, 0.15) is 97.1 Å². The van der Waals surface area contributed by atoms with Gasteiger partial charge >= 0.3 is 0 Å². The molecule has 7 heterocycles. The lowest BCUT2D eigenvalue weighted by Gasteiger charge is -2.36. The molecule has 2 aromatic carbocycles. The minimum atomic E-state index is -1.02. The molecule has 382 valence electrons. The van der Waals surface area contributed by atoms with Gasteiger partial charge in [-0.2, -0.15) is 0 Å². The second kappa shape index (κ2) is 21.1. The number of carbonyl (C=O) groups is 4.